The smallest absolute Gasteiger partial charge is 0.336 e. The molecule has 0 radical (unpaired) electrons. The molecule has 9 unspecified atom stereocenters. The van der Waals surface area contributed by atoms with Gasteiger partial charge in [0, 0.05) is 23.0 Å². The molecule has 1 spiro atoms. The number of fused-ring (bicyclic) bond motifs is 6. The topological polar surface area (TPSA) is 88.1 Å². The Morgan fingerprint density at radius 3 is 2.31 bits per heavy atom. The average molecular weight is 583 g/mol. The summed E-state index contributed by atoms with van der Waals surface area (Å²) < 4.78 is 23.5. The Kier molecular flexibility index (Phi) is 6.71. The highest BCUT2D eigenvalue weighted by Gasteiger charge is 2.69. The standard InChI is InChI=1S/C35H50O7/c1-19-17-35(21(3)20(2)30(38)42-35)41-24-18-34(8)23-10-11-25-31(4,5)26(40-28(37)16-27(36)39-9)13-14-32(25,6)22(23)12-15-33(34,7)29(19)24/h19,24-26,29H,10-18H2,1-9H3. The van der Waals surface area contributed by atoms with Gasteiger partial charge in [-0.1, -0.05) is 52.7 Å². The summed E-state index contributed by atoms with van der Waals surface area (Å²) in [5.74, 6) is -1.01. The summed E-state index contributed by atoms with van der Waals surface area (Å²) >= 11 is 0. The predicted molar refractivity (Wildman–Crippen MR) is 157 cm³/mol. The molecular formula is C35H50O7. The van der Waals surface area contributed by atoms with Crippen molar-refractivity contribution in [2.45, 2.75) is 131 Å². The summed E-state index contributed by atoms with van der Waals surface area (Å²) in [4.78, 5) is 36.8. The second kappa shape index (κ2) is 9.42. The second-order valence-corrected chi connectivity index (χ2v) is 15.8. The number of carbonyl (C=O) groups excluding carboxylic acids is 3. The average Bonchev–Trinajstić information content (AvgIpc) is 3.26. The summed E-state index contributed by atoms with van der Waals surface area (Å²) in [6, 6.07) is 0. The van der Waals surface area contributed by atoms with Gasteiger partial charge in [-0.05, 0) is 92.8 Å². The van der Waals surface area contributed by atoms with E-state index in [-0.39, 0.29) is 46.3 Å². The molecule has 6 rings (SSSR count). The predicted octanol–water partition coefficient (Wildman–Crippen LogP) is 6.84. The van der Waals surface area contributed by atoms with E-state index in [1.165, 1.54) is 7.11 Å². The number of carbonyl (C=O) groups is 3. The molecule has 7 heteroatoms. The second-order valence-electron chi connectivity index (χ2n) is 15.8. The van der Waals surface area contributed by atoms with Gasteiger partial charge in [0.05, 0.1) is 13.2 Å². The molecule has 2 heterocycles. The number of esters is 3. The maximum Gasteiger partial charge on any atom is 0.336 e. The zero-order chi connectivity index (χ0) is 30.6. The molecule has 0 aromatic rings. The summed E-state index contributed by atoms with van der Waals surface area (Å²) in [5.41, 5.74) is 4.91. The molecule has 2 saturated carbocycles. The van der Waals surface area contributed by atoms with Gasteiger partial charge in [-0.15, -0.1) is 0 Å². The fourth-order valence-electron chi connectivity index (χ4n) is 11.3. The zero-order valence-corrected chi connectivity index (χ0v) is 27.1. The minimum atomic E-state index is -0.906. The molecule has 2 aliphatic heterocycles. The zero-order valence-electron chi connectivity index (χ0n) is 27.1. The van der Waals surface area contributed by atoms with Crippen molar-refractivity contribution >= 4 is 17.9 Å². The van der Waals surface area contributed by atoms with Gasteiger partial charge in [-0.3, -0.25) is 9.59 Å². The van der Waals surface area contributed by atoms with Crippen LogP contribution in [0.5, 0.6) is 0 Å². The highest BCUT2D eigenvalue weighted by Crippen LogP contribution is 2.74. The Hall–Kier alpha value is -2.15. The van der Waals surface area contributed by atoms with Crippen LogP contribution in [-0.2, 0) is 33.3 Å². The van der Waals surface area contributed by atoms with Crippen molar-refractivity contribution in [3.63, 3.8) is 0 Å². The lowest BCUT2D eigenvalue weighted by Crippen LogP contribution is -2.56. The highest BCUT2D eigenvalue weighted by molar-refractivity contribution is 5.92. The minimum absolute atomic E-state index is 0.0208. The molecule has 4 aliphatic carbocycles. The largest absolute Gasteiger partial charge is 0.469 e. The van der Waals surface area contributed by atoms with E-state index in [0.29, 0.717) is 23.3 Å². The third kappa shape index (κ3) is 3.83. The first-order valence-corrected chi connectivity index (χ1v) is 16.1. The summed E-state index contributed by atoms with van der Waals surface area (Å²) in [5, 5.41) is 0. The van der Waals surface area contributed by atoms with Crippen molar-refractivity contribution < 1.29 is 33.3 Å². The monoisotopic (exact) mass is 582 g/mol. The summed E-state index contributed by atoms with van der Waals surface area (Å²) in [6.07, 6.45) is 7.31. The van der Waals surface area contributed by atoms with Gasteiger partial charge in [0.1, 0.15) is 12.5 Å². The van der Waals surface area contributed by atoms with Crippen LogP contribution in [0, 0.1) is 39.4 Å². The molecule has 0 N–H and O–H groups in total. The normalized spacial score (nSPS) is 45.5. The van der Waals surface area contributed by atoms with Crippen LogP contribution in [0.4, 0.5) is 0 Å². The maximum atomic E-state index is 12.6. The molecule has 6 aliphatic rings. The van der Waals surface area contributed by atoms with Gasteiger partial charge in [0.2, 0.25) is 5.79 Å². The number of ether oxygens (including phenoxy) is 4. The number of hydrogen-bond acceptors (Lipinski definition) is 7. The fraction of sp³-hybridized carbons (Fsp3) is 0.800. The van der Waals surface area contributed by atoms with Gasteiger partial charge in [0.25, 0.3) is 0 Å². The van der Waals surface area contributed by atoms with Crippen LogP contribution in [0.3, 0.4) is 0 Å². The highest BCUT2D eigenvalue weighted by atomic mass is 16.7. The number of hydrogen-bond donors (Lipinski definition) is 0. The van der Waals surface area contributed by atoms with E-state index in [4.69, 9.17) is 14.2 Å². The van der Waals surface area contributed by atoms with Crippen molar-refractivity contribution in [2.75, 3.05) is 7.11 Å². The van der Waals surface area contributed by atoms with Crippen LogP contribution in [0.15, 0.2) is 22.3 Å². The molecule has 7 nitrogen and oxygen atoms in total. The van der Waals surface area contributed by atoms with E-state index in [9.17, 15) is 14.4 Å². The molecule has 0 amide bonds. The van der Waals surface area contributed by atoms with Crippen LogP contribution in [-0.4, -0.2) is 43.0 Å². The van der Waals surface area contributed by atoms with E-state index in [2.05, 4.69) is 46.3 Å². The number of methoxy groups -OCH3 is 1. The van der Waals surface area contributed by atoms with Crippen LogP contribution in [0.1, 0.15) is 113 Å². The molecular weight excluding hydrogens is 532 g/mol. The fourth-order valence-corrected chi connectivity index (χ4v) is 11.3. The SMILES string of the molecule is COC(=O)CC(=O)OC1CCC2(C)C3=C(CCC2C1(C)C)C1(C)CC2OC4(CC(C)C2C1(C)CC3)OC(=O)C(C)=C4C. The molecule has 0 bridgehead atoms. The van der Waals surface area contributed by atoms with Gasteiger partial charge in [-0.25, -0.2) is 4.79 Å². The third-order valence-electron chi connectivity index (χ3n) is 13.8. The molecule has 9 atom stereocenters. The van der Waals surface area contributed by atoms with Crippen molar-refractivity contribution in [1.29, 1.82) is 0 Å². The van der Waals surface area contributed by atoms with E-state index in [1.54, 1.807) is 11.1 Å². The van der Waals surface area contributed by atoms with Crippen LogP contribution < -0.4 is 0 Å². The van der Waals surface area contributed by atoms with Gasteiger partial charge in [-0.2, -0.15) is 0 Å². The molecule has 232 valence electrons. The van der Waals surface area contributed by atoms with E-state index >= 15 is 0 Å². The lowest BCUT2D eigenvalue weighted by atomic mass is 9.43. The lowest BCUT2D eigenvalue weighted by Gasteiger charge is -2.62. The Morgan fingerprint density at radius 1 is 0.952 bits per heavy atom. The summed E-state index contributed by atoms with van der Waals surface area (Å²) in [6.45, 7) is 18.2. The number of allylic oxidation sites excluding steroid dienone is 2. The first kappa shape index (κ1) is 29.9. The molecule has 0 aromatic heterocycles. The van der Waals surface area contributed by atoms with Crippen LogP contribution in [0.25, 0.3) is 0 Å². The van der Waals surface area contributed by atoms with Gasteiger partial charge < -0.3 is 18.9 Å². The Bertz CT molecular complexity index is 1290. The molecule has 0 aromatic carbocycles. The first-order valence-electron chi connectivity index (χ1n) is 16.1. The van der Waals surface area contributed by atoms with Crippen molar-refractivity contribution in [3.8, 4) is 0 Å². The van der Waals surface area contributed by atoms with Crippen LogP contribution in [0.2, 0.25) is 0 Å². The van der Waals surface area contributed by atoms with Gasteiger partial charge in [0.15, 0.2) is 0 Å². The summed E-state index contributed by atoms with van der Waals surface area (Å²) in [7, 11) is 1.29. The number of rotatable bonds is 3. The Labute approximate surface area is 251 Å². The lowest BCUT2D eigenvalue weighted by molar-refractivity contribution is -0.262. The van der Waals surface area contributed by atoms with Crippen LogP contribution >= 0.6 is 0 Å². The quantitative estimate of drug-likeness (QED) is 0.156. The van der Waals surface area contributed by atoms with Crippen molar-refractivity contribution in [1.82, 2.24) is 0 Å². The molecule has 42 heavy (non-hydrogen) atoms. The van der Waals surface area contributed by atoms with Crippen molar-refractivity contribution in [2.24, 2.45) is 39.4 Å². The third-order valence-corrected chi connectivity index (χ3v) is 13.8. The van der Waals surface area contributed by atoms with E-state index in [0.717, 1.165) is 56.9 Å². The minimum Gasteiger partial charge on any atom is -0.469 e. The van der Waals surface area contributed by atoms with E-state index in [1.807, 2.05) is 13.8 Å². The molecule has 3 fully saturated rings. The van der Waals surface area contributed by atoms with Crippen molar-refractivity contribution in [3.05, 3.63) is 22.3 Å². The Morgan fingerprint density at radius 2 is 1.67 bits per heavy atom. The van der Waals surface area contributed by atoms with Gasteiger partial charge >= 0.3 is 17.9 Å². The maximum absolute atomic E-state index is 12.6. The molecule has 1 saturated heterocycles. The Balaban J connectivity index is 1.30. The first-order chi connectivity index (χ1) is 19.5. The van der Waals surface area contributed by atoms with E-state index < -0.39 is 17.7 Å².